The van der Waals surface area contributed by atoms with Gasteiger partial charge >= 0.3 is 6.18 Å². The summed E-state index contributed by atoms with van der Waals surface area (Å²) in [5.41, 5.74) is -0.391. The van der Waals surface area contributed by atoms with E-state index in [1.807, 2.05) is 0 Å². The fraction of sp³-hybridized carbons (Fsp3) is 0.933. The molecule has 2 rings (SSSR count). The number of nitrogens with zero attached hydrogens (tertiary/aromatic N) is 1. The molecule has 0 bridgehead atoms. The standard InChI is InChI=1S/C15H25F3N2O/c1-2-6-14(7-3-8-19-11-14)13(21)20-9-4-12(5-10-20)15(16,17)18/h12,19H,2-11H2,1H3. The minimum Gasteiger partial charge on any atom is -0.342 e. The zero-order valence-electron chi connectivity index (χ0n) is 12.6. The van der Waals surface area contributed by atoms with Gasteiger partial charge in [0.05, 0.1) is 11.3 Å². The molecule has 1 amide bonds. The average Bonchev–Trinajstić information content (AvgIpc) is 2.47. The van der Waals surface area contributed by atoms with Crippen LogP contribution in [0.5, 0.6) is 0 Å². The van der Waals surface area contributed by atoms with Gasteiger partial charge in [0.2, 0.25) is 5.91 Å². The van der Waals surface area contributed by atoms with Crippen LogP contribution in [0.3, 0.4) is 0 Å². The molecule has 0 saturated carbocycles. The lowest BCUT2D eigenvalue weighted by Gasteiger charge is -2.42. The van der Waals surface area contributed by atoms with Gasteiger partial charge in [-0.1, -0.05) is 13.3 Å². The Morgan fingerprint density at radius 3 is 2.48 bits per heavy atom. The molecule has 2 aliphatic heterocycles. The maximum Gasteiger partial charge on any atom is 0.391 e. The van der Waals surface area contributed by atoms with Gasteiger partial charge in [0, 0.05) is 19.6 Å². The van der Waals surface area contributed by atoms with Crippen LogP contribution in [0.1, 0.15) is 45.4 Å². The summed E-state index contributed by atoms with van der Waals surface area (Å²) in [7, 11) is 0. The quantitative estimate of drug-likeness (QED) is 0.869. The number of carbonyl (C=O) groups excluding carboxylic acids is 1. The van der Waals surface area contributed by atoms with E-state index < -0.39 is 17.5 Å². The summed E-state index contributed by atoms with van der Waals surface area (Å²) >= 11 is 0. The van der Waals surface area contributed by atoms with Crippen molar-refractivity contribution in [2.24, 2.45) is 11.3 Å². The normalized spacial score (nSPS) is 28.7. The Morgan fingerprint density at radius 1 is 1.33 bits per heavy atom. The van der Waals surface area contributed by atoms with Gasteiger partial charge in [-0.05, 0) is 38.6 Å². The maximum atomic E-state index is 12.8. The third-order valence-corrected chi connectivity index (χ3v) is 4.90. The van der Waals surface area contributed by atoms with Crippen LogP contribution in [0.2, 0.25) is 0 Å². The van der Waals surface area contributed by atoms with Gasteiger partial charge in [-0.2, -0.15) is 13.2 Å². The van der Waals surface area contributed by atoms with Gasteiger partial charge in [0.25, 0.3) is 0 Å². The molecule has 2 heterocycles. The molecule has 0 aliphatic carbocycles. The van der Waals surface area contributed by atoms with E-state index in [-0.39, 0.29) is 31.8 Å². The van der Waals surface area contributed by atoms with E-state index in [1.54, 1.807) is 4.90 Å². The fourth-order valence-corrected chi connectivity index (χ4v) is 3.69. The van der Waals surface area contributed by atoms with Crippen molar-refractivity contribution < 1.29 is 18.0 Å². The molecule has 0 radical (unpaired) electrons. The van der Waals surface area contributed by atoms with Gasteiger partial charge in [-0.3, -0.25) is 4.79 Å². The lowest BCUT2D eigenvalue weighted by Crippen LogP contribution is -2.54. The Bertz CT molecular complexity index is 351. The van der Waals surface area contributed by atoms with Crippen molar-refractivity contribution in [3.8, 4) is 0 Å². The summed E-state index contributed by atoms with van der Waals surface area (Å²) in [6.45, 7) is 4.14. The van der Waals surface area contributed by atoms with E-state index >= 15 is 0 Å². The van der Waals surface area contributed by atoms with E-state index in [0.29, 0.717) is 6.54 Å². The minimum absolute atomic E-state index is 0.0465. The molecule has 21 heavy (non-hydrogen) atoms. The molecule has 1 atom stereocenters. The number of hydrogen-bond acceptors (Lipinski definition) is 2. The topological polar surface area (TPSA) is 32.3 Å². The highest BCUT2D eigenvalue weighted by Gasteiger charge is 2.45. The fourth-order valence-electron chi connectivity index (χ4n) is 3.69. The Morgan fingerprint density at radius 2 is 2.00 bits per heavy atom. The van der Waals surface area contributed by atoms with Crippen LogP contribution in [0.15, 0.2) is 0 Å². The van der Waals surface area contributed by atoms with Crippen LogP contribution >= 0.6 is 0 Å². The highest BCUT2D eigenvalue weighted by Crippen LogP contribution is 2.38. The maximum absolute atomic E-state index is 12.8. The third-order valence-electron chi connectivity index (χ3n) is 4.90. The van der Waals surface area contributed by atoms with Crippen LogP contribution in [-0.4, -0.2) is 43.2 Å². The van der Waals surface area contributed by atoms with Gasteiger partial charge in [0.1, 0.15) is 0 Å². The zero-order chi connectivity index (χ0) is 15.5. The first-order chi connectivity index (χ1) is 9.89. The minimum atomic E-state index is -4.12. The molecule has 1 N–H and O–H groups in total. The first kappa shape index (κ1) is 16.6. The molecule has 2 aliphatic rings. The second-order valence-corrected chi connectivity index (χ2v) is 6.42. The smallest absolute Gasteiger partial charge is 0.342 e. The number of alkyl halides is 3. The van der Waals surface area contributed by atoms with Crippen molar-refractivity contribution in [2.75, 3.05) is 26.2 Å². The van der Waals surface area contributed by atoms with Gasteiger partial charge < -0.3 is 10.2 Å². The Labute approximate surface area is 124 Å². The molecule has 0 aromatic heterocycles. The molecule has 0 aromatic carbocycles. The first-order valence-electron chi connectivity index (χ1n) is 7.96. The monoisotopic (exact) mass is 306 g/mol. The Balaban J connectivity index is 1.99. The summed E-state index contributed by atoms with van der Waals surface area (Å²) in [6.07, 6.45) is -0.473. The van der Waals surface area contributed by atoms with Crippen LogP contribution in [-0.2, 0) is 4.79 Å². The van der Waals surface area contributed by atoms with Crippen LogP contribution in [0.25, 0.3) is 0 Å². The van der Waals surface area contributed by atoms with Crippen LogP contribution < -0.4 is 5.32 Å². The van der Waals surface area contributed by atoms with E-state index in [1.165, 1.54) is 0 Å². The number of piperidine rings is 2. The molecule has 2 saturated heterocycles. The molecule has 122 valence electrons. The number of nitrogens with one attached hydrogen (secondary N) is 1. The van der Waals surface area contributed by atoms with Crippen molar-refractivity contribution in [2.45, 2.75) is 51.6 Å². The van der Waals surface area contributed by atoms with E-state index in [4.69, 9.17) is 0 Å². The van der Waals surface area contributed by atoms with Crippen molar-refractivity contribution >= 4 is 5.91 Å². The second kappa shape index (κ2) is 6.55. The zero-order valence-corrected chi connectivity index (χ0v) is 12.6. The van der Waals surface area contributed by atoms with Crippen molar-refractivity contribution in [1.82, 2.24) is 10.2 Å². The molecular weight excluding hydrogens is 281 g/mol. The third kappa shape index (κ3) is 3.71. The van der Waals surface area contributed by atoms with Crippen LogP contribution in [0, 0.1) is 11.3 Å². The summed E-state index contributed by atoms with van der Waals surface area (Å²) in [4.78, 5) is 14.5. The van der Waals surface area contributed by atoms with E-state index in [2.05, 4.69) is 12.2 Å². The summed E-state index contributed by atoms with van der Waals surface area (Å²) in [6, 6.07) is 0. The van der Waals surface area contributed by atoms with Gasteiger partial charge in [-0.15, -0.1) is 0 Å². The SMILES string of the molecule is CCCC1(C(=O)N2CCC(C(F)(F)F)CC2)CCCNC1. The summed E-state index contributed by atoms with van der Waals surface area (Å²) in [5.74, 6) is -1.18. The average molecular weight is 306 g/mol. The lowest BCUT2D eigenvalue weighted by atomic mass is 9.75. The van der Waals surface area contributed by atoms with Gasteiger partial charge in [-0.25, -0.2) is 0 Å². The number of rotatable bonds is 3. The predicted octanol–water partition coefficient (Wildman–Crippen LogP) is 2.96. The van der Waals surface area contributed by atoms with Gasteiger partial charge in [0.15, 0.2) is 0 Å². The molecule has 6 heteroatoms. The van der Waals surface area contributed by atoms with Crippen molar-refractivity contribution in [3.05, 3.63) is 0 Å². The molecule has 0 spiro atoms. The molecule has 1 unspecified atom stereocenters. The van der Waals surface area contributed by atoms with Crippen molar-refractivity contribution in [3.63, 3.8) is 0 Å². The molecule has 0 aromatic rings. The number of carbonyl (C=O) groups is 1. The number of amides is 1. The molecule has 2 fully saturated rings. The summed E-state index contributed by atoms with van der Waals surface area (Å²) < 4.78 is 38.1. The lowest BCUT2D eigenvalue weighted by molar-refractivity contribution is -0.188. The second-order valence-electron chi connectivity index (χ2n) is 6.42. The highest BCUT2D eigenvalue weighted by atomic mass is 19.4. The number of likely N-dealkylation sites (tertiary alicyclic amines) is 1. The first-order valence-corrected chi connectivity index (χ1v) is 7.96. The molecule has 3 nitrogen and oxygen atoms in total. The Hall–Kier alpha value is -0.780. The summed E-state index contributed by atoms with van der Waals surface area (Å²) in [5, 5.41) is 3.29. The van der Waals surface area contributed by atoms with E-state index in [9.17, 15) is 18.0 Å². The Kier molecular flexibility index (Phi) is 5.17. The predicted molar refractivity (Wildman–Crippen MR) is 74.8 cm³/mol. The number of halogens is 3. The van der Waals surface area contributed by atoms with E-state index in [0.717, 1.165) is 32.2 Å². The largest absolute Gasteiger partial charge is 0.391 e. The molecular formula is C15H25F3N2O. The van der Waals surface area contributed by atoms with Crippen molar-refractivity contribution in [1.29, 1.82) is 0 Å². The number of hydrogen-bond donors (Lipinski definition) is 1. The van der Waals surface area contributed by atoms with Crippen LogP contribution in [0.4, 0.5) is 13.2 Å². The highest BCUT2D eigenvalue weighted by molar-refractivity contribution is 5.83.